The normalized spacial score (nSPS) is 18.3. The van der Waals surface area contributed by atoms with E-state index in [-0.39, 0.29) is 17.7 Å². The number of carbonyl (C=O) groups is 1. The summed E-state index contributed by atoms with van der Waals surface area (Å²) in [6, 6.07) is 3.86. The number of aromatic hydroxyl groups is 1. The van der Waals surface area contributed by atoms with Crippen molar-refractivity contribution in [2.45, 2.75) is 39.5 Å². The number of amidine groups is 1. The molecule has 2 N–H and O–H groups in total. The van der Waals surface area contributed by atoms with Gasteiger partial charge in [0.1, 0.15) is 12.9 Å². The topological polar surface area (TPSA) is 70.9 Å². The molecule has 1 aliphatic rings. The van der Waals surface area contributed by atoms with E-state index in [0.717, 1.165) is 16.7 Å². The van der Waals surface area contributed by atoms with E-state index < -0.39 is 0 Å². The van der Waals surface area contributed by atoms with Crippen LogP contribution in [0, 0.1) is 0 Å². The molecule has 0 aliphatic carbocycles. The van der Waals surface area contributed by atoms with Gasteiger partial charge in [0.2, 0.25) is 5.17 Å². The Morgan fingerprint density at radius 2 is 1.78 bits per heavy atom. The quantitative estimate of drug-likeness (QED) is 0.650. The zero-order valence-corrected chi connectivity index (χ0v) is 14.8. The molecule has 1 aliphatic heterocycles. The number of oxime groups is 1. The standard InChI is InChI=1S/C17H22N2O3S/c1-9(2)12-6-11(7-13(10(3)4)15(12)20)8-14-16(21)18-17(23-14)19-22-5/h6-10,20H,1-5H3,(H,18,19,21)/b14-8-. The summed E-state index contributed by atoms with van der Waals surface area (Å²) in [5.41, 5.74) is 2.67. The molecule has 23 heavy (non-hydrogen) atoms. The molecule has 5 nitrogen and oxygen atoms in total. The summed E-state index contributed by atoms with van der Waals surface area (Å²) in [4.78, 5) is 17.2. The van der Waals surface area contributed by atoms with Crippen LogP contribution in [-0.2, 0) is 9.63 Å². The lowest BCUT2D eigenvalue weighted by atomic mass is 9.91. The number of nitrogens with one attached hydrogen (secondary N) is 1. The third kappa shape index (κ3) is 3.88. The minimum atomic E-state index is -0.198. The molecule has 1 fully saturated rings. The average molecular weight is 334 g/mol. The number of rotatable bonds is 4. The molecule has 0 unspecified atom stereocenters. The van der Waals surface area contributed by atoms with Crippen molar-refractivity contribution in [1.82, 2.24) is 5.32 Å². The van der Waals surface area contributed by atoms with Crippen LogP contribution in [-0.4, -0.2) is 23.3 Å². The van der Waals surface area contributed by atoms with Crippen LogP contribution < -0.4 is 5.32 Å². The Morgan fingerprint density at radius 3 is 2.26 bits per heavy atom. The van der Waals surface area contributed by atoms with Gasteiger partial charge in [-0.15, -0.1) is 0 Å². The molecule has 0 aromatic heterocycles. The van der Waals surface area contributed by atoms with Crippen molar-refractivity contribution in [3.05, 3.63) is 33.7 Å². The van der Waals surface area contributed by atoms with Gasteiger partial charge in [-0.3, -0.25) is 10.1 Å². The maximum atomic E-state index is 12.0. The number of phenolic OH excluding ortho intramolecular Hbond substituents is 1. The number of benzene rings is 1. The lowest BCUT2D eigenvalue weighted by Gasteiger charge is -2.16. The predicted octanol–water partition coefficient (Wildman–Crippen LogP) is 3.76. The molecule has 1 aromatic rings. The molecule has 1 aromatic carbocycles. The van der Waals surface area contributed by atoms with Gasteiger partial charge in [-0.2, -0.15) is 0 Å². The molecule has 1 saturated heterocycles. The Hall–Kier alpha value is -1.95. The van der Waals surface area contributed by atoms with E-state index >= 15 is 0 Å². The summed E-state index contributed by atoms with van der Waals surface area (Å²) in [5, 5.41) is 17.2. The van der Waals surface area contributed by atoms with Gasteiger partial charge in [0, 0.05) is 0 Å². The van der Waals surface area contributed by atoms with Gasteiger partial charge >= 0.3 is 0 Å². The van der Waals surface area contributed by atoms with E-state index in [4.69, 9.17) is 0 Å². The fourth-order valence-electron chi connectivity index (χ4n) is 2.37. The summed E-state index contributed by atoms with van der Waals surface area (Å²) in [5.74, 6) is 0.543. The predicted molar refractivity (Wildman–Crippen MR) is 94.4 cm³/mol. The Kier molecular flexibility index (Phi) is 5.36. The number of carbonyl (C=O) groups excluding carboxylic acids is 1. The third-order valence-corrected chi connectivity index (χ3v) is 4.45. The molecule has 1 heterocycles. The first-order chi connectivity index (χ1) is 10.8. The molecule has 0 radical (unpaired) electrons. The van der Waals surface area contributed by atoms with Gasteiger partial charge in [-0.1, -0.05) is 32.9 Å². The van der Waals surface area contributed by atoms with E-state index in [0.29, 0.717) is 15.8 Å². The highest BCUT2D eigenvalue weighted by Gasteiger charge is 2.25. The Bertz CT molecular complexity index is 649. The lowest BCUT2D eigenvalue weighted by molar-refractivity contribution is -0.115. The van der Waals surface area contributed by atoms with Gasteiger partial charge in [0.25, 0.3) is 5.91 Å². The SMILES string of the molecule is CO/N=C1/NC(=O)/C(=C/c2cc(C(C)C)c(O)c(C(C)C)c2)S1. The van der Waals surface area contributed by atoms with E-state index in [1.165, 1.54) is 18.9 Å². The second-order valence-corrected chi connectivity index (χ2v) is 7.03. The van der Waals surface area contributed by atoms with Gasteiger partial charge in [0.15, 0.2) is 0 Å². The highest BCUT2D eigenvalue weighted by molar-refractivity contribution is 8.18. The van der Waals surface area contributed by atoms with Crippen LogP contribution in [0.25, 0.3) is 6.08 Å². The molecule has 0 saturated carbocycles. The number of nitrogens with zero attached hydrogens (tertiary/aromatic N) is 1. The smallest absolute Gasteiger partial charge is 0.264 e. The first-order valence-electron chi connectivity index (χ1n) is 7.52. The molecule has 124 valence electrons. The fourth-order valence-corrected chi connectivity index (χ4v) is 3.18. The number of amides is 1. The molecule has 2 rings (SSSR count). The van der Waals surface area contributed by atoms with Gasteiger partial charge in [-0.05, 0) is 58.5 Å². The second-order valence-electron chi connectivity index (χ2n) is 6.00. The van der Waals surface area contributed by atoms with Crippen LogP contribution in [0.15, 0.2) is 22.2 Å². The first kappa shape index (κ1) is 17.4. The zero-order chi connectivity index (χ0) is 17.1. The van der Waals surface area contributed by atoms with E-state index in [1.54, 1.807) is 0 Å². The van der Waals surface area contributed by atoms with Crippen molar-refractivity contribution in [3.8, 4) is 5.75 Å². The van der Waals surface area contributed by atoms with Crippen molar-refractivity contribution in [2.75, 3.05) is 7.11 Å². The number of hydrogen-bond acceptors (Lipinski definition) is 5. The molecular weight excluding hydrogens is 312 g/mol. The summed E-state index contributed by atoms with van der Waals surface area (Å²) >= 11 is 1.23. The summed E-state index contributed by atoms with van der Waals surface area (Å²) < 4.78 is 0. The Balaban J connectivity index is 2.46. The molecular formula is C17H22N2O3S. The summed E-state index contributed by atoms with van der Waals surface area (Å²) in [7, 11) is 1.44. The molecule has 0 spiro atoms. The molecule has 0 atom stereocenters. The number of thioether (sulfide) groups is 1. The monoisotopic (exact) mass is 334 g/mol. The number of hydrogen-bond donors (Lipinski definition) is 2. The highest BCUT2D eigenvalue weighted by atomic mass is 32.2. The van der Waals surface area contributed by atoms with Gasteiger partial charge < -0.3 is 9.94 Å². The maximum Gasteiger partial charge on any atom is 0.264 e. The minimum absolute atomic E-state index is 0.196. The van der Waals surface area contributed by atoms with Crippen LogP contribution in [0.5, 0.6) is 5.75 Å². The van der Waals surface area contributed by atoms with E-state index in [2.05, 4.69) is 15.3 Å². The van der Waals surface area contributed by atoms with Gasteiger partial charge in [0.05, 0.1) is 4.91 Å². The van der Waals surface area contributed by atoms with Crippen LogP contribution in [0.2, 0.25) is 0 Å². The van der Waals surface area contributed by atoms with Gasteiger partial charge in [-0.25, -0.2) is 0 Å². The van der Waals surface area contributed by atoms with Crippen molar-refractivity contribution in [2.24, 2.45) is 5.16 Å². The first-order valence-corrected chi connectivity index (χ1v) is 8.34. The zero-order valence-electron chi connectivity index (χ0n) is 14.0. The summed E-state index contributed by atoms with van der Waals surface area (Å²) in [6.07, 6.45) is 1.81. The van der Waals surface area contributed by atoms with Crippen molar-refractivity contribution < 1.29 is 14.7 Å². The van der Waals surface area contributed by atoms with Crippen LogP contribution in [0.4, 0.5) is 0 Å². The largest absolute Gasteiger partial charge is 0.507 e. The van der Waals surface area contributed by atoms with Crippen molar-refractivity contribution >= 4 is 28.9 Å². The van der Waals surface area contributed by atoms with Crippen molar-refractivity contribution in [1.29, 1.82) is 0 Å². The molecule has 0 bridgehead atoms. The lowest BCUT2D eigenvalue weighted by Crippen LogP contribution is -2.19. The van der Waals surface area contributed by atoms with Crippen LogP contribution in [0.3, 0.4) is 0 Å². The highest BCUT2D eigenvalue weighted by Crippen LogP contribution is 2.36. The second kappa shape index (κ2) is 7.08. The molecule has 1 amide bonds. The minimum Gasteiger partial charge on any atom is -0.507 e. The average Bonchev–Trinajstić information content (AvgIpc) is 2.80. The van der Waals surface area contributed by atoms with E-state index in [9.17, 15) is 9.90 Å². The maximum absolute atomic E-state index is 12.0. The Morgan fingerprint density at radius 1 is 1.22 bits per heavy atom. The van der Waals surface area contributed by atoms with Crippen LogP contribution >= 0.6 is 11.8 Å². The Labute approximate surface area is 140 Å². The molecule has 6 heteroatoms. The summed E-state index contributed by atoms with van der Waals surface area (Å²) in [6.45, 7) is 8.15. The third-order valence-electron chi connectivity index (χ3n) is 3.56. The fraction of sp³-hybridized carbons (Fsp3) is 0.412. The number of phenols is 1. The van der Waals surface area contributed by atoms with E-state index in [1.807, 2.05) is 45.9 Å². The van der Waals surface area contributed by atoms with Crippen LogP contribution in [0.1, 0.15) is 56.2 Å². The van der Waals surface area contributed by atoms with Crippen molar-refractivity contribution in [3.63, 3.8) is 0 Å².